The first-order valence-corrected chi connectivity index (χ1v) is 39.9. The number of nitrogens with zero attached hydrogens (tertiary/aromatic N) is 8. The van der Waals surface area contributed by atoms with Gasteiger partial charge in [0.1, 0.15) is 91.8 Å². The van der Waals surface area contributed by atoms with Crippen LogP contribution in [0.1, 0.15) is 87.9 Å². The van der Waals surface area contributed by atoms with E-state index in [1.165, 1.54) is 63.5 Å². The van der Waals surface area contributed by atoms with Crippen molar-refractivity contribution in [1.82, 2.24) is 63.9 Å². The fourth-order valence-electron chi connectivity index (χ4n) is 10.9. The lowest BCUT2D eigenvalue weighted by atomic mass is 10.1. The summed E-state index contributed by atoms with van der Waals surface area (Å²) >= 11 is 0. The molecule has 0 aliphatic carbocycles. The number of aromatic nitrogens is 10. The van der Waals surface area contributed by atoms with E-state index in [2.05, 4.69) is 45.2 Å². The van der Waals surface area contributed by atoms with Crippen molar-refractivity contribution in [3.05, 3.63) is 147 Å². The first-order chi connectivity index (χ1) is 54.5. The zero-order chi connectivity index (χ0) is 85.2. The number of nitrogens with one attached hydrogen (secondary N) is 5. The number of aromatic amines is 2. The molecule has 0 bridgehead atoms. The number of halogens is 3. The van der Waals surface area contributed by atoms with E-state index in [0.29, 0.717) is 4.57 Å². The van der Waals surface area contributed by atoms with Crippen molar-refractivity contribution in [2.75, 3.05) is 37.9 Å². The lowest BCUT2D eigenvalue weighted by molar-refractivity contribution is -0.204. The van der Waals surface area contributed by atoms with Crippen LogP contribution in [-0.4, -0.2) is 214 Å². The van der Waals surface area contributed by atoms with Crippen LogP contribution in [0, 0.1) is 0 Å². The fraction of sp³-hybridized carbons (Fsp3) is 0.478. The first kappa shape index (κ1) is 90.2. The number of carbonyl (C=O) groups is 3. The third-order valence-electron chi connectivity index (χ3n) is 16.3. The normalized spacial score (nSPS) is 25.5. The molecule has 116 heavy (non-hydrogen) atoms. The molecule has 3 fully saturated rings. The highest BCUT2D eigenvalue weighted by molar-refractivity contribution is 7.52. The molecule has 43 nitrogen and oxygen atoms in total. The van der Waals surface area contributed by atoms with E-state index in [-0.39, 0.29) is 64.0 Å². The summed E-state index contributed by atoms with van der Waals surface area (Å²) in [5.41, 5.74) is 8.77. The molecule has 634 valence electrons. The molecule has 8 aromatic rings. The molecular weight excluding hydrogens is 1610 g/mol. The highest BCUT2D eigenvalue weighted by atomic mass is 31.2. The lowest BCUT2D eigenvalue weighted by Gasteiger charge is -2.27. The van der Waals surface area contributed by atoms with Crippen LogP contribution in [0.2, 0.25) is 0 Å². The van der Waals surface area contributed by atoms with E-state index in [9.17, 15) is 73.1 Å². The summed E-state index contributed by atoms with van der Waals surface area (Å²) in [6, 6.07) is 20.5. The Morgan fingerprint density at radius 3 is 1.21 bits per heavy atom. The zero-order valence-corrected chi connectivity index (χ0v) is 66.0. The zero-order valence-electron chi connectivity index (χ0n) is 63.3. The number of carbonyl (C=O) groups excluding carboxylic acids is 3. The van der Waals surface area contributed by atoms with Gasteiger partial charge >= 0.3 is 46.8 Å². The van der Waals surface area contributed by atoms with Crippen LogP contribution in [0.3, 0.4) is 0 Å². The molecule has 0 radical (unpaired) electrons. The van der Waals surface area contributed by atoms with Crippen molar-refractivity contribution in [2.24, 2.45) is 0 Å². The van der Waals surface area contributed by atoms with Crippen molar-refractivity contribution in [3.63, 3.8) is 0 Å². The minimum absolute atomic E-state index is 0.0413. The average Bonchev–Trinajstić information content (AvgIpc) is 1.58. The van der Waals surface area contributed by atoms with E-state index < -0.39 is 187 Å². The maximum atomic E-state index is 16.0. The molecule has 49 heteroatoms. The molecule has 3 aliphatic heterocycles. The van der Waals surface area contributed by atoms with Gasteiger partial charge in [-0.15, -0.1) is 0 Å². The largest absolute Gasteiger partial charge is 0.476 e. The quantitative estimate of drug-likeness (QED) is 0.0163. The van der Waals surface area contributed by atoms with Crippen LogP contribution < -0.4 is 61.8 Å². The number of hydrogen-bond donors (Lipinski definition) is 13. The molecular formula is C67H87F3N15O28P3. The number of para-hydroxylation sites is 3. The van der Waals surface area contributed by atoms with Crippen LogP contribution >= 0.6 is 23.2 Å². The Bertz CT molecular complexity index is 5050. The van der Waals surface area contributed by atoms with Gasteiger partial charge in [0.05, 0.1) is 37.6 Å². The van der Waals surface area contributed by atoms with E-state index in [4.69, 9.17) is 71.8 Å². The number of alkyl halides is 3. The highest BCUT2D eigenvalue weighted by Crippen LogP contribution is 2.52. The molecule has 15 N–H and O–H groups in total. The van der Waals surface area contributed by atoms with Crippen molar-refractivity contribution >= 4 is 75.4 Å². The van der Waals surface area contributed by atoms with Crippen molar-refractivity contribution in [1.29, 1.82) is 0 Å². The third-order valence-corrected chi connectivity index (χ3v) is 21.2. The number of nitrogen functional groups attached to an aromatic ring is 2. The number of imidazole rings is 2. The van der Waals surface area contributed by atoms with Gasteiger partial charge in [-0.2, -0.15) is 30.2 Å². The standard InChI is InChI=1S/C24H32FN6O9P.C22H28FN6O9P.C21H27FN3O10P/c1-5-36-20-16-19(28-23(26)29-20)31(12-27-16)21-17(32)18(33)24(25,39-21)11-37-41(35,40-15-9-7-6-8-10-15)30-14(4)22(34)38-13(2)3;1-11(2)36-20(33)12(3)28-39(34,38-13-7-5-4-6-8-13)35-9-22(23)16(31)15(30)19(37-22)29-10-25-14-17(29)26-21(24)27-18(14)32;1-12(2)33-19(29)13(3)24-36(31,35-14-7-5-4-6-8-14)32-11-21(22)17(28)16(27)18(34-21)25-10-9-15(26)23-20(25)30/h6-10,12-14,17-18,21,32-33H,5,11H2,1-4H3,(H,30,35)(H2,26,28,29);4-8,10-12,15-16,19,30-31H,9H2,1-3H3,(H,28,34)(H3,24,26,27,32);4-10,12-13,16-18,27-28H,11H2,1-3H3,(H,24,31)(H,23,26,30)/t14-,17-,18+,21-,24-,41?;12-,15-,16+,19-,22-,39?;13-,16-,17+,18-,21-,36?/m111/s1. The van der Waals surface area contributed by atoms with Gasteiger partial charge in [0, 0.05) is 12.3 Å². The predicted molar refractivity (Wildman–Crippen MR) is 396 cm³/mol. The van der Waals surface area contributed by atoms with Gasteiger partial charge in [-0.25, -0.2) is 41.6 Å². The number of fused-ring (bicyclic) bond motifs is 2. The number of ether oxygens (including phenoxy) is 7. The second-order valence-corrected chi connectivity index (χ2v) is 31.7. The van der Waals surface area contributed by atoms with Gasteiger partial charge in [0.25, 0.3) is 28.7 Å². The number of hydrogen-bond acceptors (Lipinski definition) is 35. The van der Waals surface area contributed by atoms with Crippen LogP contribution in [-0.2, 0) is 70.1 Å². The summed E-state index contributed by atoms with van der Waals surface area (Å²) in [6.07, 6.45) is -15.5. The van der Waals surface area contributed by atoms with Gasteiger partial charge in [-0.1, -0.05) is 54.6 Å². The van der Waals surface area contributed by atoms with Crippen molar-refractivity contribution in [3.8, 4) is 23.1 Å². The molecule has 18 atom stereocenters. The van der Waals surface area contributed by atoms with Crippen LogP contribution in [0.25, 0.3) is 22.3 Å². The fourth-order valence-corrected chi connectivity index (χ4v) is 15.4. The van der Waals surface area contributed by atoms with Crippen molar-refractivity contribution in [2.45, 2.75) is 179 Å². The molecule has 3 saturated heterocycles. The number of aliphatic hydroxyl groups is 6. The summed E-state index contributed by atoms with van der Waals surface area (Å²) in [5.74, 6) is -11.9. The summed E-state index contributed by atoms with van der Waals surface area (Å²) in [4.78, 5) is 96.4. The van der Waals surface area contributed by atoms with Gasteiger partial charge in [0.2, 0.25) is 17.8 Å². The highest BCUT2D eigenvalue weighted by Gasteiger charge is 2.61. The van der Waals surface area contributed by atoms with Gasteiger partial charge < -0.3 is 88.8 Å². The molecule has 0 saturated carbocycles. The molecule has 0 amide bonds. The third kappa shape index (κ3) is 22.1. The Balaban J connectivity index is 0.000000199. The summed E-state index contributed by atoms with van der Waals surface area (Å²) in [7, 11) is -13.6. The Morgan fingerprint density at radius 1 is 0.517 bits per heavy atom. The van der Waals surface area contributed by atoms with E-state index in [1.54, 1.807) is 103 Å². The summed E-state index contributed by atoms with van der Waals surface area (Å²) in [6.45, 7) is 12.1. The van der Waals surface area contributed by atoms with Crippen LogP contribution in [0.4, 0.5) is 25.1 Å². The number of benzene rings is 3. The minimum atomic E-state index is -4.53. The Labute approximate surface area is 655 Å². The molecule has 8 heterocycles. The Morgan fingerprint density at radius 2 is 0.862 bits per heavy atom. The van der Waals surface area contributed by atoms with Gasteiger partial charge in [-0.05, 0) is 106 Å². The molecule has 11 rings (SSSR count). The van der Waals surface area contributed by atoms with E-state index in [1.807, 2.05) is 4.98 Å². The SMILES string of the molecule is CC(C)OC(=O)[C@@H](C)NP(=O)(OC[C@@]1(F)O[C@@H](n2ccc(=O)[nH]c2=O)[C@H](O)[C@@H]1O)Oc1ccccc1.CC(C)OC(=O)[C@@H](C)NP(=O)(OC[C@@]1(F)O[C@@H](n2cnc3c(=O)[nH]c(N)nc32)[C@H](O)[C@@H]1O)Oc1ccccc1.CCOc1nc(N)nc2c1ncn2[C@@H]1O[C@](F)(COP(=O)(N[C@H](C)C(=O)OC(C)C)Oc2ccccc2)[C@@H](O)[C@H]1O. The summed E-state index contributed by atoms with van der Waals surface area (Å²) < 4.78 is 160. The smallest absolute Gasteiger partial charge is 0.459 e. The van der Waals surface area contributed by atoms with E-state index in [0.717, 1.165) is 27.7 Å². The Kier molecular flexibility index (Phi) is 29.3. The van der Waals surface area contributed by atoms with Crippen LogP contribution in [0.5, 0.6) is 23.1 Å². The lowest BCUT2D eigenvalue weighted by Crippen LogP contribution is -2.44. The average molecular weight is 1700 g/mol. The number of H-pyrrole nitrogens is 2. The number of esters is 3. The number of aliphatic hydroxyl groups excluding tert-OH is 6. The predicted octanol–water partition coefficient (Wildman–Crippen LogP) is 3.20. The second-order valence-electron chi connectivity index (χ2n) is 26.7. The molecule has 3 unspecified atom stereocenters. The summed E-state index contributed by atoms with van der Waals surface area (Å²) in [5, 5.41) is 70.2. The maximum absolute atomic E-state index is 16.0. The maximum Gasteiger partial charge on any atom is 0.459 e. The number of nitrogens with two attached hydrogens (primary N) is 2. The Hall–Kier alpha value is -9.67. The molecule has 5 aromatic heterocycles. The monoisotopic (exact) mass is 1700 g/mol. The van der Waals surface area contributed by atoms with E-state index >= 15 is 13.2 Å². The minimum Gasteiger partial charge on any atom is -0.476 e. The number of rotatable bonds is 32. The topological polar surface area (TPSA) is 594 Å². The molecule has 3 aromatic carbocycles. The first-order valence-electron chi connectivity index (χ1n) is 35.3. The van der Waals surface area contributed by atoms with Crippen LogP contribution in [0.15, 0.2) is 130 Å². The number of anilines is 2. The molecule has 3 aliphatic rings. The molecule has 0 spiro atoms. The second kappa shape index (κ2) is 37.7. The van der Waals surface area contributed by atoms with Gasteiger partial charge in [-0.3, -0.25) is 61.2 Å². The van der Waals surface area contributed by atoms with Gasteiger partial charge in [0.15, 0.2) is 41.0 Å². The van der Waals surface area contributed by atoms with Crippen molar-refractivity contribution < 1.29 is 132 Å².